The fourth-order valence-electron chi connectivity index (χ4n) is 2.92. The van der Waals surface area contributed by atoms with Crippen LogP contribution < -0.4 is 10.9 Å². The van der Waals surface area contributed by atoms with Crippen molar-refractivity contribution in [2.24, 2.45) is 0 Å². The second kappa shape index (κ2) is 8.40. The maximum atomic E-state index is 12.9. The molecule has 0 radical (unpaired) electrons. The number of hydrogen-bond acceptors (Lipinski definition) is 4. The first-order valence-corrected chi connectivity index (χ1v) is 9.35. The van der Waals surface area contributed by atoms with E-state index in [0.717, 1.165) is 16.8 Å². The molecule has 0 unspecified atom stereocenters. The zero-order valence-electron chi connectivity index (χ0n) is 16.2. The van der Waals surface area contributed by atoms with Gasteiger partial charge in [0.15, 0.2) is 0 Å². The first-order valence-electron chi connectivity index (χ1n) is 9.35. The highest BCUT2D eigenvalue weighted by Gasteiger charge is 2.19. The van der Waals surface area contributed by atoms with Gasteiger partial charge in [0.1, 0.15) is 11.4 Å². The van der Waals surface area contributed by atoms with Gasteiger partial charge in [0.05, 0.1) is 11.3 Å². The number of carbonyl (C=O) groups is 2. The molecule has 0 saturated heterocycles. The van der Waals surface area contributed by atoms with E-state index >= 15 is 0 Å². The molecule has 4 rings (SSSR count). The maximum absolute atomic E-state index is 12.9. The van der Waals surface area contributed by atoms with E-state index in [1.54, 1.807) is 29.1 Å². The van der Waals surface area contributed by atoms with E-state index in [-0.39, 0.29) is 5.69 Å². The minimum absolute atomic E-state index is 0.205. The van der Waals surface area contributed by atoms with E-state index in [4.69, 9.17) is 0 Å². The minimum atomic E-state index is -0.503. The Hall–Kier alpha value is -4.26. The molecule has 2 heterocycles. The van der Waals surface area contributed by atoms with Crippen LogP contribution in [0.25, 0.3) is 16.9 Å². The van der Waals surface area contributed by atoms with Gasteiger partial charge in [-0.3, -0.25) is 25.4 Å². The molecule has 148 valence electrons. The van der Waals surface area contributed by atoms with Crippen LogP contribution in [0.4, 0.5) is 0 Å². The van der Waals surface area contributed by atoms with Gasteiger partial charge < -0.3 is 0 Å². The monoisotopic (exact) mass is 397 g/mol. The van der Waals surface area contributed by atoms with E-state index in [2.05, 4.69) is 20.9 Å². The van der Waals surface area contributed by atoms with Crippen LogP contribution in [0.2, 0.25) is 0 Å². The highest BCUT2D eigenvalue weighted by atomic mass is 16.2. The van der Waals surface area contributed by atoms with Gasteiger partial charge in [0, 0.05) is 18.0 Å². The molecule has 2 aromatic heterocycles. The van der Waals surface area contributed by atoms with Gasteiger partial charge in [0.2, 0.25) is 0 Å². The van der Waals surface area contributed by atoms with Gasteiger partial charge in [-0.2, -0.15) is 5.10 Å². The van der Waals surface area contributed by atoms with E-state index < -0.39 is 11.8 Å². The Morgan fingerprint density at radius 1 is 0.833 bits per heavy atom. The van der Waals surface area contributed by atoms with Crippen molar-refractivity contribution in [1.29, 1.82) is 0 Å². The number of rotatable bonds is 4. The molecule has 30 heavy (non-hydrogen) atoms. The Bertz CT molecular complexity index is 1170. The van der Waals surface area contributed by atoms with Gasteiger partial charge in [-0.05, 0) is 31.2 Å². The Balaban J connectivity index is 1.63. The van der Waals surface area contributed by atoms with E-state index in [1.807, 2.05) is 61.5 Å². The first kappa shape index (κ1) is 19.1. The van der Waals surface area contributed by atoms with E-state index in [9.17, 15) is 9.59 Å². The van der Waals surface area contributed by atoms with Crippen molar-refractivity contribution in [3.8, 4) is 16.9 Å². The van der Waals surface area contributed by atoms with Gasteiger partial charge >= 0.3 is 0 Å². The summed E-state index contributed by atoms with van der Waals surface area (Å²) >= 11 is 0. The highest BCUT2D eigenvalue weighted by Crippen LogP contribution is 2.24. The number of benzene rings is 2. The summed E-state index contributed by atoms with van der Waals surface area (Å²) in [6.07, 6.45) is 3.16. The molecule has 0 aliphatic carbocycles. The molecule has 7 heteroatoms. The molecular weight excluding hydrogens is 378 g/mol. The molecule has 2 amide bonds. The summed E-state index contributed by atoms with van der Waals surface area (Å²) in [7, 11) is 0. The summed E-state index contributed by atoms with van der Waals surface area (Å²) in [5.74, 6) is -0.978. The number of aromatic nitrogens is 3. The fraction of sp³-hybridized carbons (Fsp3) is 0.0435. The first-order chi connectivity index (χ1) is 14.6. The Morgan fingerprint density at radius 3 is 2.23 bits per heavy atom. The summed E-state index contributed by atoms with van der Waals surface area (Å²) in [4.78, 5) is 29.0. The van der Waals surface area contributed by atoms with Crippen molar-refractivity contribution < 1.29 is 9.59 Å². The molecule has 0 bridgehead atoms. The Labute approximate surface area is 173 Å². The number of carbonyl (C=O) groups excluding carboxylic acids is 2. The van der Waals surface area contributed by atoms with Gasteiger partial charge in [-0.25, -0.2) is 4.68 Å². The van der Waals surface area contributed by atoms with Crippen LogP contribution in [0.5, 0.6) is 0 Å². The van der Waals surface area contributed by atoms with Crippen LogP contribution in [-0.2, 0) is 0 Å². The third-order valence-electron chi connectivity index (χ3n) is 4.49. The fourth-order valence-corrected chi connectivity index (χ4v) is 2.92. The summed E-state index contributed by atoms with van der Waals surface area (Å²) in [5, 5.41) is 4.62. The van der Waals surface area contributed by atoms with E-state index in [0.29, 0.717) is 11.3 Å². The quantitative estimate of drug-likeness (QED) is 0.517. The van der Waals surface area contributed by atoms with Crippen molar-refractivity contribution in [2.75, 3.05) is 0 Å². The predicted molar refractivity (Wildman–Crippen MR) is 113 cm³/mol. The molecule has 4 aromatic rings. The summed E-state index contributed by atoms with van der Waals surface area (Å²) in [6.45, 7) is 1.99. The number of amides is 2. The number of nitrogens with zero attached hydrogens (tertiary/aromatic N) is 3. The maximum Gasteiger partial charge on any atom is 0.288 e. The highest BCUT2D eigenvalue weighted by molar-refractivity contribution is 6.02. The standard InChI is InChI=1S/C23H19N5O2/c1-16-10-12-17(13-11-16)21-19(15-28(27-21)18-7-3-2-4-8-18)22(29)25-26-23(30)20-9-5-6-14-24-20/h2-15H,1H3,(H,25,29)(H,26,30). The Morgan fingerprint density at radius 2 is 1.53 bits per heavy atom. The topological polar surface area (TPSA) is 88.9 Å². The lowest BCUT2D eigenvalue weighted by Crippen LogP contribution is -2.42. The predicted octanol–water partition coefficient (Wildman–Crippen LogP) is 3.32. The second-order valence-electron chi connectivity index (χ2n) is 6.66. The minimum Gasteiger partial charge on any atom is -0.267 e. The van der Waals surface area contributed by atoms with Gasteiger partial charge in [0.25, 0.3) is 11.8 Å². The van der Waals surface area contributed by atoms with Crippen molar-refractivity contribution in [3.63, 3.8) is 0 Å². The number of nitrogens with one attached hydrogen (secondary N) is 2. The third kappa shape index (κ3) is 4.10. The van der Waals surface area contributed by atoms with Gasteiger partial charge in [-0.1, -0.05) is 54.1 Å². The number of hydrogen-bond donors (Lipinski definition) is 2. The molecule has 0 saturated carbocycles. The lowest BCUT2D eigenvalue weighted by atomic mass is 10.1. The van der Waals surface area contributed by atoms with Crippen molar-refractivity contribution in [2.45, 2.75) is 6.92 Å². The molecule has 2 aromatic carbocycles. The van der Waals surface area contributed by atoms with E-state index in [1.165, 1.54) is 6.20 Å². The molecular formula is C23H19N5O2. The smallest absolute Gasteiger partial charge is 0.267 e. The van der Waals surface area contributed by atoms with Crippen LogP contribution in [0.15, 0.2) is 85.2 Å². The zero-order chi connectivity index (χ0) is 20.9. The summed E-state index contributed by atoms with van der Waals surface area (Å²) in [6, 6.07) is 22.2. The van der Waals surface area contributed by atoms with Crippen LogP contribution >= 0.6 is 0 Å². The van der Waals surface area contributed by atoms with Crippen LogP contribution in [0, 0.1) is 6.92 Å². The second-order valence-corrected chi connectivity index (χ2v) is 6.66. The molecule has 2 N–H and O–H groups in total. The number of aryl methyl sites for hydroxylation is 1. The number of pyridine rings is 1. The largest absolute Gasteiger partial charge is 0.288 e. The lowest BCUT2D eigenvalue weighted by molar-refractivity contribution is 0.0844. The molecule has 0 aliphatic heterocycles. The average molecular weight is 397 g/mol. The Kier molecular flexibility index (Phi) is 5.34. The molecule has 7 nitrogen and oxygen atoms in total. The number of hydrazine groups is 1. The van der Waals surface area contributed by atoms with Crippen LogP contribution in [0.1, 0.15) is 26.4 Å². The van der Waals surface area contributed by atoms with Crippen molar-refractivity contribution >= 4 is 11.8 Å². The SMILES string of the molecule is Cc1ccc(-c2nn(-c3ccccc3)cc2C(=O)NNC(=O)c2ccccn2)cc1. The molecule has 0 spiro atoms. The summed E-state index contributed by atoms with van der Waals surface area (Å²) < 4.78 is 1.64. The normalized spacial score (nSPS) is 10.4. The third-order valence-corrected chi connectivity index (χ3v) is 4.49. The van der Waals surface area contributed by atoms with Gasteiger partial charge in [-0.15, -0.1) is 0 Å². The lowest BCUT2D eigenvalue weighted by Gasteiger charge is -2.07. The van der Waals surface area contributed by atoms with Crippen molar-refractivity contribution in [3.05, 3.63) is 102 Å². The molecule has 0 fully saturated rings. The zero-order valence-corrected chi connectivity index (χ0v) is 16.2. The van der Waals surface area contributed by atoms with Crippen molar-refractivity contribution in [1.82, 2.24) is 25.6 Å². The summed E-state index contributed by atoms with van der Waals surface area (Å²) in [5.41, 5.74) is 8.64. The number of para-hydroxylation sites is 1. The average Bonchev–Trinajstić information content (AvgIpc) is 3.24. The molecule has 0 aliphatic rings. The molecule has 0 atom stereocenters. The van der Waals surface area contributed by atoms with Crippen LogP contribution in [-0.4, -0.2) is 26.6 Å². The van der Waals surface area contributed by atoms with Crippen LogP contribution in [0.3, 0.4) is 0 Å².